The van der Waals surface area contributed by atoms with Crippen LogP contribution in [0.3, 0.4) is 0 Å². The van der Waals surface area contributed by atoms with Gasteiger partial charge in [-0.05, 0) is 13.0 Å². The Morgan fingerprint density at radius 2 is 2.00 bits per heavy atom. The minimum absolute atomic E-state index is 0.117. The molecule has 0 unspecified atom stereocenters. The molecule has 0 bridgehead atoms. The largest absolute Gasteiger partial charge is 0.310 e. The molecule has 0 aliphatic rings. The van der Waals surface area contributed by atoms with Gasteiger partial charge < -0.3 is 5.32 Å². The Morgan fingerprint density at radius 1 is 1.40 bits per heavy atom. The second-order valence-corrected chi connectivity index (χ2v) is 8.20. The van der Waals surface area contributed by atoms with Gasteiger partial charge in [0.2, 0.25) is 10.0 Å². The molecule has 20 heavy (non-hydrogen) atoms. The molecule has 0 fully saturated rings. The van der Waals surface area contributed by atoms with Gasteiger partial charge in [0.25, 0.3) is 6.43 Å². The van der Waals surface area contributed by atoms with E-state index in [0.717, 1.165) is 4.88 Å². The van der Waals surface area contributed by atoms with Crippen molar-refractivity contribution in [3.8, 4) is 0 Å². The van der Waals surface area contributed by atoms with Gasteiger partial charge in [-0.2, -0.15) is 4.31 Å². The number of rotatable bonds is 7. The lowest BCUT2D eigenvalue weighted by atomic mass is 10.3. The van der Waals surface area contributed by atoms with Crippen molar-refractivity contribution < 1.29 is 17.2 Å². The van der Waals surface area contributed by atoms with Crippen molar-refractivity contribution in [2.75, 3.05) is 13.6 Å². The van der Waals surface area contributed by atoms with E-state index in [9.17, 15) is 17.2 Å². The first-order chi connectivity index (χ1) is 9.14. The van der Waals surface area contributed by atoms with Gasteiger partial charge >= 0.3 is 0 Å². The van der Waals surface area contributed by atoms with Crippen LogP contribution in [-0.2, 0) is 16.6 Å². The first kappa shape index (κ1) is 17.5. The van der Waals surface area contributed by atoms with Crippen molar-refractivity contribution in [2.45, 2.75) is 44.7 Å². The molecule has 0 saturated heterocycles. The highest BCUT2D eigenvalue weighted by atomic mass is 32.2. The van der Waals surface area contributed by atoms with E-state index in [-0.39, 0.29) is 4.90 Å². The lowest BCUT2D eigenvalue weighted by molar-refractivity contribution is 0.126. The highest BCUT2D eigenvalue weighted by molar-refractivity contribution is 7.89. The number of nitrogens with zero attached hydrogens (tertiary/aromatic N) is 1. The first-order valence-electron chi connectivity index (χ1n) is 6.21. The minimum atomic E-state index is -3.85. The van der Waals surface area contributed by atoms with Crippen LogP contribution in [-0.4, -0.2) is 38.8 Å². The van der Waals surface area contributed by atoms with Crippen LogP contribution in [0.25, 0.3) is 0 Å². The summed E-state index contributed by atoms with van der Waals surface area (Å²) < 4.78 is 49.8. The standard InChI is InChI=1S/C12H20F2N2O2S2/c1-8(2)15-6-10-5-11(9(3)19-10)20(17,18)16(4)7-12(13)14/h5,8,12,15H,6-7H2,1-4H3. The molecule has 4 nitrogen and oxygen atoms in total. The second-order valence-electron chi connectivity index (χ2n) is 4.85. The van der Waals surface area contributed by atoms with Crippen LogP contribution in [0.4, 0.5) is 8.78 Å². The molecule has 0 aromatic carbocycles. The lowest BCUT2D eigenvalue weighted by Gasteiger charge is -2.16. The summed E-state index contributed by atoms with van der Waals surface area (Å²) >= 11 is 1.36. The third-order valence-corrected chi connectivity index (χ3v) is 5.82. The first-order valence-corrected chi connectivity index (χ1v) is 8.47. The Bertz CT molecular complexity index is 542. The fraction of sp³-hybridized carbons (Fsp3) is 0.667. The molecular weight excluding hydrogens is 306 g/mol. The number of aryl methyl sites for hydroxylation is 1. The molecule has 1 aromatic heterocycles. The Labute approximate surface area is 122 Å². The zero-order valence-corrected chi connectivity index (χ0v) is 13.6. The lowest BCUT2D eigenvalue weighted by Crippen LogP contribution is -2.31. The molecule has 116 valence electrons. The van der Waals surface area contributed by atoms with Crippen molar-refractivity contribution in [3.05, 3.63) is 15.8 Å². The molecule has 1 heterocycles. The molecule has 0 aliphatic carbocycles. The second kappa shape index (κ2) is 6.93. The van der Waals surface area contributed by atoms with Gasteiger partial charge in [0.15, 0.2) is 0 Å². The van der Waals surface area contributed by atoms with Crippen LogP contribution >= 0.6 is 11.3 Å². The molecule has 1 N–H and O–H groups in total. The summed E-state index contributed by atoms with van der Waals surface area (Å²) in [6.07, 6.45) is -2.68. The Hall–Kier alpha value is -0.570. The number of alkyl halides is 2. The zero-order chi connectivity index (χ0) is 15.5. The Balaban J connectivity index is 2.95. The van der Waals surface area contributed by atoms with Crippen molar-refractivity contribution in [1.29, 1.82) is 0 Å². The van der Waals surface area contributed by atoms with Crippen LogP contribution in [0.2, 0.25) is 0 Å². The van der Waals surface area contributed by atoms with Gasteiger partial charge in [0.05, 0.1) is 11.4 Å². The number of hydrogen-bond donors (Lipinski definition) is 1. The van der Waals surface area contributed by atoms with Gasteiger partial charge in [-0.15, -0.1) is 11.3 Å². The maximum atomic E-state index is 12.3. The summed E-state index contributed by atoms with van der Waals surface area (Å²) in [5, 5.41) is 3.20. The molecule has 0 amide bonds. The smallest absolute Gasteiger partial charge is 0.252 e. The minimum Gasteiger partial charge on any atom is -0.310 e. The van der Waals surface area contributed by atoms with E-state index in [0.29, 0.717) is 21.8 Å². The summed E-state index contributed by atoms with van der Waals surface area (Å²) in [7, 11) is -2.68. The van der Waals surface area contributed by atoms with Crippen LogP contribution in [0, 0.1) is 6.92 Å². The quantitative estimate of drug-likeness (QED) is 0.837. The summed E-state index contributed by atoms with van der Waals surface area (Å²) in [4.78, 5) is 1.61. The Morgan fingerprint density at radius 3 is 2.50 bits per heavy atom. The van der Waals surface area contributed by atoms with Crippen LogP contribution < -0.4 is 5.32 Å². The van der Waals surface area contributed by atoms with E-state index in [1.54, 1.807) is 13.0 Å². The van der Waals surface area contributed by atoms with Crippen molar-refractivity contribution in [3.63, 3.8) is 0 Å². The summed E-state index contributed by atoms with van der Waals surface area (Å²) in [5.74, 6) is 0. The van der Waals surface area contributed by atoms with Gasteiger partial charge in [-0.3, -0.25) is 0 Å². The molecule has 1 aromatic rings. The fourth-order valence-corrected chi connectivity index (χ4v) is 4.33. The average Bonchev–Trinajstić information content (AvgIpc) is 2.67. The molecular formula is C12H20F2N2O2S2. The zero-order valence-electron chi connectivity index (χ0n) is 12.0. The number of halogens is 2. The molecule has 0 saturated carbocycles. The third-order valence-electron chi connectivity index (χ3n) is 2.69. The van der Waals surface area contributed by atoms with Gasteiger partial charge in [0, 0.05) is 29.4 Å². The van der Waals surface area contributed by atoms with E-state index in [1.165, 1.54) is 18.4 Å². The molecule has 0 spiro atoms. The molecule has 0 aliphatic heterocycles. The maximum Gasteiger partial charge on any atom is 0.252 e. The number of nitrogens with one attached hydrogen (secondary N) is 1. The third kappa shape index (κ3) is 4.47. The summed E-state index contributed by atoms with van der Waals surface area (Å²) in [6.45, 7) is 5.45. The van der Waals surface area contributed by atoms with Crippen LogP contribution in [0.5, 0.6) is 0 Å². The molecule has 0 atom stereocenters. The van der Waals surface area contributed by atoms with Crippen LogP contribution in [0.1, 0.15) is 23.6 Å². The van der Waals surface area contributed by atoms with Crippen molar-refractivity contribution >= 4 is 21.4 Å². The summed E-state index contributed by atoms with van der Waals surface area (Å²) in [6, 6.07) is 1.85. The molecule has 0 radical (unpaired) electrons. The number of thiophene rings is 1. The highest BCUT2D eigenvalue weighted by Crippen LogP contribution is 2.28. The predicted octanol–water partition coefficient (Wildman–Crippen LogP) is 2.44. The van der Waals surface area contributed by atoms with E-state index >= 15 is 0 Å². The summed E-state index contributed by atoms with van der Waals surface area (Å²) in [5.41, 5.74) is 0. The average molecular weight is 326 g/mol. The van der Waals surface area contributed by atoms with Gasteiger partial charge in [-0.1, -0.05) is 13.8 Å². The van der Waals surface area contributed by atoms with Gasteiger partial charge in [0.1, 0.15) is 0 Å². The van der Waals surface area contributed by atoms with E-state index in [2.05, 4.69) is 5.32 Å². The monoisotopic (exact) mass is 326 g/mol. The van der Waals surface area contributed by atoms with E-state index < -0.39 is 23.0 Å². The number of hydrogen-bond acceptors (Lipinski definition) is 4. The van der Waals surface area contributed by atoms with E-state index in [4.69, 9.17) is 0 Å². The fourth-order valence-electron chi connectivity index (χ4n) is 1.63. The maximum absolute atomic E-state index is 12.3. The topological polar surface area (TPSA) is 49.4 Å². The normalized spacial score (nSPS) is 12.8. The van der Waals surface area contributed by atoms with Gasteiger partial charge in [-0.25, -0.2) is 17.2 Å². The number of sulfonamides is 1. The van der Waals surface area contributed by atoms with Crippen molar-refractivity contribution in [1.82, 2.24) is 9.62 Å². The SMILES string of the molecule is Cc1sc(CNC(C)C)cc1S(=O)(=O)N(C)CC(F)F. The van der Waals surface area contributed by atoms with Crippen LogP contribution in [0.15, 0.2) is 11.0 Å². The van der Waals surface area contributed by atoms with Crippen molar-refractivity contribution in [2.24, 2.45) is 0 Å². The Kier molecular flexibility index (Phi) is 6.06. The molecule has 8 heteroatoms. The molecule has 1 rings (SSSR count). The predicted molar refractivity (Wildman–Crippen MR) is 76.9 cm³/mol. The highest BCUT2D eigenvalue weighted by Gasteiger charge is 2.26. The van der Waals surface area contributed by atoms with E-state index in [1.807, 2.05) is 13.8 Å².